The van der Waals surface area contributed by atoms with Gasteiger partial charge in [-0.05, 0) is 0 Å². The van der Waals surface area contributed by atoms with E-state index in [1.165, 1.54) is 0 Å². The van der Waals surface area contributed by atoms with Gasteiger partial charge in [0.05, 0.1) is 0 Å². The molecule has 11 heteroatoms. The quantitative estimate of drug-likeness (QED) is 0.513. The molecular formula is C4H12N4O6Pt. The molecule has 0 aliphatic carbocycles. The summed E-state index contributed by atoms with van der Waals surface area (Å²) in [4.78, 5) is 16.7. The van der Waals surface area contributed by atoms with Gasteiger partial charge < -0.3 is 21.9 Å². The average molecular weight is 407 g/mol. The number of hydrogen-bond donors (Lipinski definition) is 2. The maximum absolute atomic E-state index is 8.36. The van der Waals surface area contributed by atoms with E-state index in [1.807, 2.05) is 0 Å². The molecule has 4 N–H and O–H groups in total. The summed E-state index contributed by atoms with van der Waals surface area (Å²) < 4.78 is 0. The Bertz CT molecular complexity index is 136. The van der Waals surface area contributed by atoms with Crippen molar-refractivity contribution in [3.63, 3.8) is 0 Å². The Morgan fingerprint density at radius 3 is 1.47 bits per heavy atom. The van der Waals surface area contributed by atoms with Gasteiger partial charge in [-0.1, -0.05) is 13.3 Å². The molecule has 0 saturated heterocycles. The molecule has 0 radical (unpaired) electrons. The van der Waals surface area contributed by atoms with Gasteiger partial charge in [-0.2, -0.15) is 6.54 Å². The Kier molecular flexibility index (Phi) is 29.5. The van der Waals surface area contributed by atoms with E-state index in [0.717, 1.165) is 0 Å². The molecule has 1 unspecified atom stereocenters. The first-order valence-electron chi connectivity index (χ1n) is 3.26. The van der Waals surface area contributed by atoms with Gasteiger partial charge in [-0.25, -0.2) is 0 Å². The molecule has 0 aliphatic heterocycles. The van der Waals surface area contributed by atoms with Crippen molar-refractivity contribution in [2.75, 3.05) is 6.54 Å². The van der Waals surface area contributed by atoms with E-state index in [4.69, 9.17) is 42.1 Å². The topological polar surface area (TPSA) is 174 Å². The third-order valence-electron chi connectivity index (χ3n) is 0.577. The Hall–Kier alpha value is -0.992. The monoisotopic (exact) mass is 407 g/mol. The fourth-order valence-electron chi connectivity index (χ4n) is 0.217. The predicted molar refractivity (Wildman–Crippen MR) is 45.2 cm³/mol. The molecule has 0 spiro atoms. The van der Waals surface area contributed by atoms with Gasteiger partial charge in [0.25, 0.3) is 10.2 Å². The number of nitrogens with one attached hydrogen (secondary N) is 2. The number of rotatable bonds is 2. The first-order valence-corrected chi connectivity index (χ1v) is 3.26. The molecule has 94 valence electrons. The second-order valence-corrected chi connectivity index (χ2v) is 1.92. The van der Waals surface area contributed by atoms with Crippen LogP contribution in [0, 0.1) is 20.2 Å². The van der Waals surface area contributed by atoms with Crippen LogP contribution in [0.5, 0.6) is 0 Å². The van der Waals surface area contributed by atoms with E-state index < -0.39 is 10.2 Å². The standard InChI is InChI=1S/C4H10N2.2HNO3.Pt/c1-4(6)2-3-5;2*2-1(3)4;/h4-6H,2-3H2,1H3;2*(H,2,3,4);/q-2;;;+2. The van der Waals surface area contributed by atoms with Crippen LogP contribution in [0.25, 0.3) is 11.5 Å². The summed E-state index contributed by atoms with van der Waals surface area (Å²) in [6, 6.07) is -0.0394. The molecule has 0 fully saturated rings. The zero-order valence-electron chi connectivity index (χ0n) is 7.73. The van der Waals surface area contributed by atoms with Crippen molar-refractivity contribution < 1.29 is 41.7 Å². The molecule has 0 aromatic heterocycles. The third-order valence-corrected chi connectivity index (χ3v) is 0.577. The molecule has 0 aromatic rings. The molecule has 0 aliphatic rings. The van der Waals surface area contributed by atoms with E-state index in [-0.39, 0.29) is 27.1 Å². The summed E-state index contributed by atoms with van der Waals surface area (Å²) in [7, 11) is 0. The summed E-state index contributed by atoms with van der Waals surface area (Å²) in [5, 5.41) is 27.3. The second kappa shape index (κ2) is 18.7. The van der Waals surface area contributed by atoms with E-state index in [2.05, 4.69) is 0 Å². The molecule has 0 amide bonds. The molecule has 0 heterocycles. The molecule has 0 bridgehead atoms. The van der Waals surface area contributed by atoms with Crippen molar-refractivity contribution in [2.24, 2.45) is 0 Å². The Morgan fingerprint density at radius 2 is 1.47 bits per heavy atom. The normalized spacial score (nSPS) is 9.00. The molecule has 1 atom stereocenters. The molecule has 10 nitrogen and oxygen atoms in total. The molecular weight excluding hydrogens is 395 g/mol. The van der Waals surface area contributed by atoms with Crippen molar-refractivity contribution in [3.8, 4) is 0 Å². The maximum atomic E-state index is 8.36. The van der Waals surface area contributed by atoms with Crippen molar-refractivity contribution in [1.29, 1.82) is 0 Å². The minimum Gasteiger partial charge on any atom is -0.677 e. The smallest absolute Gasteiger partial charge is 0.677 e. The van der Waals surface area contributed by atoms with E-state index >= 15 is 0 Å². The first-order chi connectivity index (χ1) is 6.23. The van der Waals surface area contributed by atoms with Crippen LogP contribution in [-0.4, -0.2) is 33.2 Å². The molecule has 15 heavy (non-hydrogen) atoms. The first kappa shape index (κ1) is 23.7. The van der Waals surface area contributed by atoms with Gasteiger partial charge in [0.1, 0.15) is 0 Å². The van der Waals surface area contributed by atoms with Gasteiger partial charge in [-0.15, -0.1) is 26.3 Å². The van der Waals surface area contributed by atoms with E-state index in [9.17, 15) is 0 Å². The van der Waals surface area contributed by atoms with Crippen molar-refractivity contribution in [3.05, 3.63) is 31.7 Å². The minimum absolute atomic E-state index is 0. The Balaban J connectivity index is -0.0000000606. The van der Waals surface area contributed by atoms with Crippen LogP contribution in [0.4, 0.5) is 0 Å². The summed E-state index contributed by atoms with van der Waals surface area (Å²) >= 11 is 0. The largest absolute Gasteiger partial charge is 2.00 e. The summed E-state index contributed by atoms with van der Waals surface area (Å²) in [5.74, 6) is 0. The van der Waals surface area contributed by atoms with Gasteiger partial charge in [0.15, 0.2) is 0 Å². The minimum atomic E-state index is -1.50. The summed E-state index contributed by atoms with van der Waals surface area (Å²) in [5.41, 5.74) is 13.5. The van der Waals surface area contributed by atoms with Crippen LogP contribution < -0.4 is 0 Å². The Morgan fingerprint density at radius 1 is 1.27 bits per heavy atom. The van der Waals surface area contributed by atoms with Crippen LogP contribution in [0.3, 0.4) is 0 Å². The number of nitrogens with zero attached hydrogens (tertiary/aromatic N) is 2. The average Bonchev–Trinajstić information content (AvgIpc) is 1.82. The van der Waals surface area contributed by atoms with Gasteiger partial charge in [0.2, 0.25) is 0 Å². The maximum Gasteiger partial charge on any atom is 2.00 e. The van der Waals surface area contributed by atoms with Crippen LogP contribution in [0.2, 0.25) is 0 Å². The number of hydrogen-bond acceptors (Lipinski definition) is 4. The molecule has 0 saturated carbocycles. The van der Waals surface area contributed by atoms with Gasteiger partial charge in [0, 0.05) is 0 Å². The molecule has 0 aromatic carbocycles. The van der Waals surface area contributed by atoms with Crippen molar-refractivity contribution in [2.45, 2.75) is 19.4 Å². The van der Waals surface area contributed by atoms with Gasteiger partial charge >= 0.3 is 21.1 Å². The van der Waals surface area contributed by atoms with E-state index in [1.54, 1.807) is 6.92 Å². The summed E-state index contributed by atoms with van der Waals surface area (Å²) in [6.45, 7) is 2.19. The van der Waals surface area contributed by atoms with Gasteiger partial charge in [-0.3, -0.25) is 0 Å². The van der Waals surface area contributed by atoms with Crippen LogP contribution in [0.15, 0.2) is 0 Å². The van der Waals surface area contributed by atoms with Crippen LogP contribution in [0.1, 0.15) is 13.3 Å². The molecule has 0 rings (SSSR count). The van der Waals surface area contributed by atoms with Crippen LogP contribution in [-0.2, 0) is 21.1 Å². The Labute approximate surface area is 99.7 Å². The van der Waals surface area contributed by atoms with Crippen molar-refractivity contribution >= 4 is 0 Å². The van der Waals surface area contributed by atoms with Crippen LogP contribution >= 0.6 is 0 Å². The predicted octanol–water partition coefficient (Wildman–Crippen LogP) is 1.17. The SMILES string of the molecule is CC([NH-])CC[NH-].O=[N+]([O-])O.O=[N+]([O-])O.[Pt+2]. The zero-order valence-corrected chi connectivity index (χ0v) is 10.0. The fraction of sp³-hybridized carbons (Fsp3) is 1.00. The zero-order chi connectivity index (χ0) is 12.1. The summed E-state index contributed by atoms with van der Waals surface area (Å²) in [6.07, 6.45) is 0.708. The van der Waals surface area contributed by atoms with Crippen molar-refractivity contribution in [1.82, 2.24) is 0 Å². The van der Waals surface area contributed by atoms with E-state index in [0.29, 0.717) is 13.0 Å². The third kappa shape index (κ3) is 391. The second-order valence-electron chi connectivity index (χ2n) is 1.92. The fourth-order valence-corrected chi connectivity index (χ4v) is 0.217.